The van der Waals surface area contributed by atoms with Crippen LogP contribution in [0.25, 0.3) is 10.9 Å². The lowest BCUT2D eigenvalue weighted by molar-refractivity contribution is 0.112. The summed E-state index contributed by atoms with van der Waals surface area (Å²) in [6.07, 6.45) is 8.85. The van der Waals surface area contributed by atoms with Gasteiger partial charge in [-0.2, -0.15) is 0 Å². The van der Waals surface area contributed by atoms with Crippen LogP contribution in [0, 0.1) is 0 Å². The van der Waals surface area contributed by atoms with E-state index in [1.54, 1.807) is 0 Å². The Morgan fingerprint density at radius 3 is 2.65 bits per heavy atom. The van der Waals surface area contributed by atoms with Gasteiger partial charge in [0.25, 0.3) is 0 Å². The van der Waals surface area contributed by atoms with E-state index in [9.17, 15) is 4.79 Å². The van der Waals surface area contributed by atoms with Crippen molar-refractivity contribution in [1.82, 2.24) is 9.47 Å². The fraction of sp³-hybridized carbons (Fsp3) is 0.550. The monoisotopic (exact) mass is 312 g/mol. The zero-order chi connectivity index (χ0) is 16.4. The normalized spacial score (nSPS) is 17.7. The number of aldehydes is 1. The molecule has 2 aromatic rings. The van der Waals surface area contributed by atoms with Crippen molar-refractivity contribution in [1.29, 1.82) is 0 Å². The van der Waals surface area contributed by atoms with Crippen molar-refractivity contribution in [2.75, 3.05) is 13.1 Å². The number of nitrogens with zero attached hydrogens (tertiary/aromatic N) is 2. The Labute approximate surface area is 139 Å². The van der Waals surface area contributed by atoms with Gasteiger partial charge in [0.2, 0.25) is 0 Å². The molecule has 3 nitrogen and oxygen atoms in total. The van der Waals surface area contributed by atoms with Gasteiger partial charge in [0.15, 0.2) is 6.29 Å². The number of benzene rings is 1. The fourth-order valence-corrected chi connectivity index (χ4v) is 4.22. The number of fused-ring (bicyclic) bond motifs is 3. The topological polar surface area (TPSA) is 25.2 Å². The van der Waals surface area contributed by atoms with E-state index in [-0.39, 0.29) is 0 Å². The SMILES string of the molecule is CCCN(CCC)C1CCc2ccc3c(c(C=O)cn3C)c2C1. The molecule has 23 heavy (non-hydrogen) atoms. The molecule has 0 saturated carbocycles. The molecule has 0 saturated heterocycles. The first-order chi connectivity index (χ1) is 11.2. The van der Waals surface area contributed by atoms with Crippen molar-refractivity contribution >= 4 is 17.2 Å². The van der Waals surface area contributed by atoms with Crippen LogP contribution in [-0.2, 0) is 19.9 Å². The van der Waals surface area contributed by atoms with Crippen LogP contribution >= 0.6 is 0 Å². The summed E-state index contributed by atoms with van der Waals surface area (Å²) in [5.41, 5.74) is 4.89. The predicted octanol–water partition coefficient (Wildman–Crippen LogP) is 3.97. The number of hydrogen-bond donors (Lipinski definition) is 0. The van der Waals surface area contributed by atoms with E-state index in [2.05, 4.69) is 35.4 Å². The Hall–Kier alpha value is -1.61. The van der Waals surface area contributed by atoms with Gasteiger partial charge in [0.1, 0.15) is 0 Å². The Bertz CT molecular complexity index is 695. The molecule has 0 spiro atoms. The first-order valence-electron chi connectivity index (χ1n) is 8.98. The van der Waals surface area contributed by atoms with Crippen LogP contribution in [0.3, 0.4) is 0 Å². The molecule has 0 fully saturated rings. The third-order valence-electron chi connectivity index (χ3n) is 5.24. The number of rotatable bonds is 6. The zero-order valence-corrected chi connectivity index (χ0v) is 14.6. The van der Waals surface area contributed by atoms with E-state index in [4.69, 9.17) is 0 Å². The maximum absolute atomic E-state index is 11.5. The molecule has 0 bridgehead atoms. The summed E-state index contributed by atoms with van der Waals surface area (Å²) in [6.45, 7) is 6.89. The summed E-state index contributed by atoms with van der Waals surface area (Å²) in [5, 5.41) is 1.19. The summed E-state index contributed by atoms with van der Waals surface area (Å²) >= 11 is 0. The Morgan fingerprint density at radius 1 is 1.26 bits per heavy atom. The largest absolute Gasteiger partial charge is 0.350 e. The van der Waals surface area contributed by atoms with Gasteiger partial charge in [-0.25, -0.2) is 0 Å². The Balaban J connectivity index is 2.01. The summed E-state index contributed by atoms with van der Waals surface area (Å²) in [4.78, 5) is 14.2. The van der Waals surface area contributed by atoms with Gasteiger partial charge in [0, 0.05) is 35.8 Å². The van der Waals surface area contributed by atoms with Gasteiger partial charge in [-0.3, -0.25) is 4.79 Å². The maximum atomic E-state index is 11.5. The molecule has 3 rings (SSSR count). The van der Waals surface area contributed by atoms with Crippen molar-refractivity contribution in [2.45, 2.75) is 52.0 Å². The average Bonchev–Trinajstić information content (AvgIpc) is 2.91. The summed E-state index contributed by atoms with van der Waals surface area (Å²) < 4.78 is 2.08. The van der Waals surface area contributed by atoms with Crippen molar-refractivity contribution < 1.29 is 4.79 Å². The number of aryl methyl sites for hydroxylation is 2. The molecule has 0 radical (unpaired) electrons. The third kappa shape index (κ3) is 2.94. The second-order valence-corrected chi connectivity index (χ2v) is 6.84. The molecule has 1 atom stereocenters. The lowest BCUT2D eigenvalue weighted by atomic mass is 9.84. The van der Waals surface area contributed by atoms with Crippen LogP contribution in [0.15, 0.2) is 18.3 Å². The molecule has 124 valence electrons. The molecular formula is C20H28N2O. The van der Waals surface area contributed by atoms with Crippen molar-refractivity contribution in [3.8, 4) is 0 Å². The van der Waals surface area contributed by atoms with Gasteiger partial charge in [-0.15, -0.1) is 0 Å². The van der Waals surface area contributed by atoms with Gasteiger partial charge in [-0.1, -0.05) is 19.9 Å². The van der Waals surface area contributed by atoms with Crippen LogP contribution in [0.2, 0.25) is 0 Å². The summed E-state index contributed by atoms with van der Waals surface area (Å²) in [6, 6.07) is 5.07. The highest BCUT2D eigenvalue weighted by atomic mass is 16.1. The van der Waals surface area contributed by atoms with E-state index in [0.717, 1.165) is 24.7 Å². The average molecular weight is 312 g/mol. The molecule has 0 aliphatic heterocycles. The van der Waals surface area contributed by atoms with Gasteiger partial charge in [-0.05, 0) is 62.4 Å². The van der Waals surface area contributed by atoms with Gasteiger partial charge >= 0.3 is 0 Å². The van der Waals surface area contributed by atoms with Crippen molar-refractivity contribution in [3.63, 3.8) is 0 Å². The van der Waals surface area contributed by atoms with Crippen LogP contribution < -0.4 is 0 Å². The fourth-order valence-electron chi connectivity index (χ4n) is 4.22. The first kappa shape index (κ1) is 16.3. The highest BCUT2D eigenvalue weighted by molar-refractivity contribution is 6.00. The molecular weight excluding hydrogens is 284 g/mol. The number of carbonyl (C=O) groups is 1. The lowest BCUT2D eigenvalue weighted by Crippen LogP contribution is -2.40. The predicted molar refractivity (Wildman–Crippen MR) is 96.3 cm³/mol. The van der Waals surface area contributed by atoms with Crippen LogP contribution in [-0.4, -0.2) is 34.9 Å². The standard InChI is InChI=1S/C20H28N2O/c1-4-10-22(11-5-2)17-8-6-15-7-9-19-20(18(15)12-17)16(14-23)13-21(19)3/h7,9,13-14,17H,4-6,8,10-12H2,1-3H3. The maximum Gasteiger partial charge on any atom is 0.152 e. The highest BCUT2D eigenvalue weighted by Crippen LogP contribution is 2.33. The number of aromatic nitrogens is 1. The Morgan fingerprint density at radius 2 is 2.00 bits per heavy atom. The zero-order valence-electron chi connectivity index (χ0n) is 14.6. The van der Waals surface area contributed by atoms with E-state index in [0.29, 0.717) is 6.04 Å². The molecule has 1 aliphatic rings. The van der Waals surface area contributed by atoms with Gasteiger partial charge in [0.05, 0.1) is 0 Å². The molecule has 1 aromatic heterocycles. The minimum Gasteiger partial charge on any atom is -0.350 e. The summed E-state index contributed by atoms with van der Waals surface area (Å²) in [7, 11) is 2.03. The minimum absolute atomic E-state index is 0.618. The smallest absolute Gasteiger partial charge is 0.152 e. The van der Waals surface area contributed by atoms with Crippen molar-refractivity contribution in [2.24, 2.45) is 7.05 Å². The highest BCUT2D eigenvalue weighted by Gasteiger charge is 2.26. The molecule has 0 N–H and O–H groups in total. The van der Waals surface area contributed by atoms with E-state index in [1.807, 2.05) is 13.2 Å². The number of hydrogen-bond acceptors (Lipinski definition) is 2. The van der Waals surface area contributed by atoms with E-state index < -0.39 is 0 Å². The first-order valence-corrected chi connectivity index (χ1v) is 8.98. The molecule has 3 heteroatoms. The van der Waals surface area contributed by atoms with Crippen LogP contribution in [0.4, 0.5) is 0 Å². The van der Waals surface area contributed by atoms with E-state index in [1.165, 1.54) is 54.4 Å². The molecule has 1 heterocycles. The Kier molecular flexibility index (Phi) is 4.86. The second-order valence-electron chi connectivity index (χ2n) is 6.84. The van der Waals surface area contributed by atoms with Crippen LogP contribution in [0.5, 0.6) is 0 Å². The minimum atomic E-state index is 0.618. The molecule has 1 aliphatic carbocycles. The molecule has 1 unspecified atom stereocenters. The van der Waals surface area contributed by atoms with E-state index >= 15 is 0 Å². The van der Waals surface area contributed by atoms with Crippen LogP contribution in [0.1, 0.15) is 54.6 Å². The second kappa shape index (κ2) is 6.88. The molecule has 1 aromatic carbocycles. The lowest BCUT2D eigenvalue weighted by Gasteiger charge is -2.35. The molecule has 0 amide bonds. The quantitative estimate of drug-likeness (QED) is 0.754. The summed E-state index contributed by atoms with van der Waals surface area (Å²) in [5.74, 6) is 0. The van der Waals surface area contributed by atoms with Gasteiger partial charge < -0.3 is 9.47 Å². The number of carbonyl (C=O) groups excluding carboxylic acids is 1. The third-order valence-corrected chi connectivity index (χ3v) is 5.24. The van der Waals surface area contributed by atoms with Crippen molar-refractivity contribution in [3.05, 3.63) is 35.0 Å².